The lowest BCUT2D eigenvalue weighted by Crippen LogP contribution is -2.40. The highest BCUT2D eigenvalue weighted by Gasteiger charge is 2.26. The summed E-state index contributed by atoms with van der Waals surface area (Å²) in [5.74, 6) is -0.510. The fourth-order valence-electron chi connectivity index (χ4n) is 3.66. The second kappa shape index (κ2) is 10.9. The Kier molecular flexibility index (Phi) is 7.47. The fourth-order valence-corrected chi connectivity index (χ4v) is 5.07. The average molecular weight is 472 g/mol. The van der Waals surface area contributed by atoms with E-state index in [9.17, 15) is 13.2 Å². The predicted molar refractivity (Wildman–Crippen MR) is 135 cm³/mol. The molecule has 0 spiro atoms. The van der Waals surface area contributed by atoms with Gasteiger partial charge in [0.05, 0.1) is 17.7 Å². The standard InChI is InChI=1S/C27H25N3O3S/c31-27(29-28-20-24-14-9-13-23-12-7-8-17-26(23)24)21-30(19-18-22-10-3-1-4-11-22)34(32,33)25-15-5-2-6-16-25/h1-17,20H,18-19,21H2,(H,29,31)/b28-20+. The van der Waals surface area contributed by atoms with Crippen molar-refractivity contribution in [1.29, 1.82) is 0 Å². The lowest BCUT2D eigenvalue weighted by molar-refractivity contribution is -0.121. The van der Waals surface area contributed by atoms with Gasteiger partial charge >= 0.3 is 0 Å². The quantitative estimate of drug-likeness (QED) is 0.293. The van der Waals surface area contributed by atoms with Crippen molar-refractivity contribution in [3.63, 3.8) is 0 Å². The molecule has 0 unspecified atom stereocenters. The van der Waals surface area contributed by atoms with Gasteiger partial charge < -0.3 is 0 Å². The Bertz CT molecular complexity index is 1380. The third kappa shape index (κ3) is 5.75. The number of benzene rings is 4. The van der Waals surface area contributed by atoms with Gasteiger partial charge in [0.1, 0.15) is 0 Å². The zero-order valence-electron chi connectivity index (χ0n) is 18.5. The molecule has 0 aromatic heterocycles. The molecule has 0 saturated carbocycles. The molecule has 0 aliphatic carbocycles. The van der Waals surface area contributed by atoms with E-state index in [1.54, 1.807) is 24.4 Å². The molecule has 4 rings (SSSR count). The van der Waals surface area contributed by atoms with E-state index in [2.05, 4.69) is 10.5 Å². The van der Waals surface area contributed by atoms with Gasteiger partial charge in [0, 0.05) is 12.1 Å². The minimum Gasteiger partial charge on any atom is -0.272 e. The predicted octanol–water partition coefficient (Wildman–Crippen LogP) is 4.22. The van der Waals surface area contributed by atoms with Gasteiger partial charge in [-0.15, -0.1) is 0 Å². The summed E-state index contributed by atoms with van der Waals surface area (Å²) in [6.07, 6.45) is 2.06. The first-order valence-electron chi connectivity index (χ1n) is 10.9. The van der Waals surface area contributed by atoms with Crippen LogP contribution in [0.4, 0.5) is 0 Å². The molecule has 0 fully saturated rings. The van der Waals surface area contributed by atoms with Gasteiger partial charge in [-0.2, -0.15) is 9.41 Å². The van der Waals surface area contributed by atoms with Crippen molar-refractivity contribution >= 4 is 32.9 Å². The first kappa shape index (κ1) is 23.4. The van der Waals surface area contributed by atoms with Gasteiger partial charge in [-0.1, -0.05) is 91.0 Å². The molecule has 1 N–H and O–H groups in total. The Morgan fingerprint density at radius 1 is 0.824 bits per heavy atom. The van der Waals surface area contributed by atoms with Crippen molar-refractivity contribution in [2.75, 3.05) is 13.1 Å². The van der Waals surface area contributed by atoms with Crippen LogP contribution in [0.25, 0.3) is 10.8 Å². The van der Waals surface area contributed by atoms with Gasteiger partial charge in [0.25, 0.3) is 5.91 Å². The van der Waals surface area contributed by atoms with E-state index in [4.69, 9.17) is 0 Å². The van der Waals surface area contributed by atoms with Crippen molar-refractivity contribution in [3.8, 4) is 0 Å². The Balaban J connectivity index is 1.48. The second-order valence-corrected chi connectivity index (χ2v) is 9.69. The van der Waals surface area contributed by atoms with Crippen LogP contribution in [0.3, 0.4) is 0 Å². The van der Waals surface area contributed by atoms with Crippen molar-refractivity contribution in [2.45, 2.75) is 11.3 Å². The minimum absolute atomic E-state index is 0.148. The van der Waals surface area contributed by atoms with E-state index in [0.717, 1.165) is 21.9 Å². The van der Waals surface area contributed by atoms with Gasteiger partial charge in [0.15, 0.2) is 0 Å². The third-order valence-electron chi connectivity index (χ3n) is 5.41. The number of amides is 1. The molecule has 7 heteroatoms. The zero-order valence-corrected chi connectivity index (χ0v) is 19.4. The number of nitrogens with zero attached hydrogens (tertiary/aromatic N) is 2. The average Bonchev–Trinajstić information content (AvgIpc) is 2.87. The molecule has 4 aromatic rings. The molecule has 0 aliphatic rings. The fraction of sp³-hybridized carbons (Fsp3) is 0.111. The number of sulfonamides is 1. The summed E-state index contributed by atoms with van der Waals surface area (Å²) in [5, 5.41) is 6.15. The molecule has 0 aliphatic heterocycles. The van der Waals surface area contributed by atoms with Crippen LogP contribution in [0.5, 0.6) is 0 Å². The van der Waals surface area contributed by atoms with E-state index in [0.29, 0.717) is 6.42 Å². The third-order valence-corrected chi connectivity index (χ3v) is 7.27. The maximum atomic E-state index is 13.2. The van der Waals surface area contributed by atoms with Crippen LogP contribution in [-0.2, 0) is 21.2 Å². The Morgan fingerprint density at radius 3 is 2.24 bits per heavy atom. The number of nitrogens with one attached hydrogen (secondary N) is 1. The first-order valence-corrected chi connectivity index (χ1v) is 12.4. The topological polar surface area (TPSA) is 78.8 Å². The van der Waals surface area contributed by atoms with E-state index in [1.807, 2.05) is 72.8 Å². The number of hydrogen-bond donors (Lipinski definition) is 1. The van der Waals surface area contributed by atoms with Gasteiger partial charge in [-0.05, 0) is 34.9 Å². The second-order valence-electron chi connectivity index (χ2n) is 7.75. The maximum absolute atomic E-state index is 13.2. The Morgan fingerprint density at radius 2 is 1.47 bits per heavy atom. The molecule has 6 nitrogen and oxygen atoms in total. The minimum atomic E-state index is -3.85. The van der Waals surface area contributed by atoms with Crippen LogP contribution >= 0.6 is 0 Å². The largest absolute Gasteiger partial charge is 0.272 e. The van der Waals surface area contributed by atoms with E-state index in [-0.39, 0.29) is 18.0 Å². The molecule has 0 saturated heterocycles. The van der Waals surface area contributed by atoms with E-state index < -0.39 is 15.9 Å². The molecule has 4 aromatic carbocycles. The Hall–Kier alpha value is -3.81. The molecule has 0 radical (unpaired) electrons. The summed E-state index contributed by atoms with van der Waals surface area (Å²) in [6.45, 7) is -0.168. The molecular weight excluding hydrogens is 446 g/mol. The summed E-state index contributed by atoms with van der Waals surface area (Å²) in [6, 6.07) is 31.4. The first-order chi connectivity index (χ1) is 16.5. The highest BCUT2D eigenvalue weighted by atomic mass is 32.2. The van der Waals surface area contributed by atoms with Crippen molar-refractivity contribution in [3.05, 3.63) is 114 Å². The summed E-state index contributed by atoms with van der Waals surface area (Å²) >= 11 is 0. The van der Waals surface area contributed by atoms with Gasteiger partial charge in [-0.25, -0.2) is 13.8 Å². The molecule has 172 valence electrons. The molecule has 0 bridgehead atoms. The van der Waals surface area contributed by atoms with Crippen molar-refractivity contribution < 1.29 is 13.2 Å². The van der Waals surface area contributed by atoms with Gasteiger partial charge in [0.2, 0.25) is 10.0 Å². The van der Waals surface area contributed by atoms with Crippen LogP contribution in [-0.4, -0.2) is 37.9 Å². The monoisotopic (exact) mass is 471 g/mol. The number of hydrogen-bond acceptors (Lipinski definition) is 4. The summed E-state index contributed by atoms with van der Waals surface area (Å²) in [7, 11) is -3.85. The van der Waals surface area contributed by atoms with Crippen molar-refractivity contribution in [1.82, 2.24) is 9.73 Å². The summed E-state index contributed by atoms with van der Waals surface area (Å²) in [5.41, 5.74) is 4.32. The number of fused-ring (bicyclic) bond motifs is 1. The SMILES string of the molecule is O=C(CN(CCc1ccccc1)S(=O)(=O)c1ccccc1)N/N=C/c1cccc2ccccc12. The molecule has 0 heterocycles. The van der Waals surface area contributed by atoms with Crippen LogP contribution in [0.2, 0.25) is 0 Å². The number of rotatable bonds is 9. The normalized spacial score (nSPS) is 11.8. The van der Waals surface area contributed by atoms with E-state index >= 15 is 0 Å². The zero-order chi connectivity index (χ0) is 23.8. The van der Waals surface area contributed by atoms with E-state index in [1.165, 1.54) is 16.4 Å². The van der Waals surface area contributed by atoms with Crippen LogP contribution in [0.15, 0.2) is 113 Å². The number of hydrazone groups is 1. The number of carbonyl (C=O) groups is 1. The summed E-state index contributed by atoms with van der Waals surface area (Å²) < 4.78 is 27.7. The van der Waals surface area contributed by atoms with Crippen LogP contribution in [0, 0.1) is 0 Å². The van der Waals surface area contributed by atoms with Crippen LogP contribution in [0.1, 0.15) is 11.1 Å². The highest BCUT2D eigenvalue weighted by molar-refractivity contribution is 7.89. The molecule has 34 heavy (non-hydrogen) atoms. The lowest BCUT2D eigenvalue weighted by atomic mass is 10.1. The molecule has 1 amide bonds. The molecule has 0 atom stereocenters. The molecular formula is C27H25N3O3S. The van der Waals surface area contributed by atoms with Crippen LogP contribution < -0.4 is 5.43 Å². The lowest BCUT2D eigenvalue weighted by Gasteiger charge is -2.21. The smallest absolute Gasteiger partial charge is 0.255 e. The number of carbonyl (C=O) groups excluding carboxylic acids is 1. The van der Waals surface area contributed by atoms with Gasteiger partial charge in [-0.3, -0.25) is 4.79 Å². The summed E-state index contributed by atoms with van der Waals surface area (Å²) in [4.78, 5) is 12.8. The maximum Gasteiger partial charge on any atom is 0.255 e. The van der Waals surface area contributed by atoms with Crippen molar-refractivity contribution in [2.24, 2.45) is 5.10 Å². The Labute approximate surface area is 199 Å². The highest BCUT2D eigenvalue weighted by Crippen LogP contribution is 2.17.